The normalized spacial score (nSPS) is 13.6. The maximum atomic E-state index is 11.8. The van der Waals surface area contributed by atoms with Crippen molar-refractivity contribution >= 4 is 5.97 Å². The molecule has 0 heterocycles. The average Bonchev–Trinajstić information content (AvgIpc) is 2.52. The maximum Gasteiger partial charge on any atom is 0.337 e. The molecule has 1 rings (SSSR count). The zero-order valence-electron chi connectivity index (χ0n) is 13.9. The van der Waals surface area contributed by atoms with Gasteiger partial charge in [-0.25, -0.2) is 4.79 Å². The van der Waals surface area contributed by atoms with Gasteiger partial charge in [-0.15, -0.1) is 0 Å². The van der Waals surface area contributed by atoms with Crippen LogP contribution in [0.25, 0.3) is 0 Å². The quantitative estimate of drug-likeness (QED) is 0.510. The second-order valence-electron chi connectivity index (χ2n) is 5.75. The number of methoxy groups -OCH3 is 2. The Morgan fingerprint density at radius 2 is 1.86 bits per heavy atom. The molecule has 0 aliphatic carbocycles. The van der Waals surface area contributed by atoms with Crippen LogP contribution in [-0.4, -0.2) is 20.2 Å². The molecule has 0 fully saturated rings. The van der Waals surface area contributed by atoms with E-state index in [-0.39, 0.29) is 5.97 Å². The fraction of sp³-hybridized carbons (Fsp3) is 0.611. The van der Waals surface area contributed by atoms with Crippen LogP contribution in [0, 0.1) is 5.92 Å². The van der Waals surface area contributed by atoms with Crippen molar-refractivity contribution in [3.05, 3.63) is 29.3 Å². The van der Waals surface area contributed by atoms with Crippen LogP contribution in [0.15, 0.2) is 18.2 Å². The minimum Gasteiger partial charge on any atom is -0.497 e. The van der Waals surface area contributed by atoms with Crippen molar-refractivity contribution in [3.8, 4) is 5.75 Å². The van der Waals surface area contributed by atoms with E-state index in [2.05, 4.69) is 20.8 Å². The molecule has 3 nitrogen and oxygen atoms in total. The monoisotopic (exact) mass is 292 g/mol. The van der Waals surface area contributed by atoms with Crippen molar-refractivity contribution in [2.45, 2.75) is 52.4 Å². The average molecular weight is 292 g/mol. The third-order valence-electron chi connectivity index (χ3n) is 4.23. The number of benzene rings is 1. The third kappa shape index (κ3) is 5.07. The highest BCUT2D eigenvalue weighted by atomic mass is 16.5. The van der Waals surface area contributed by atoms with Gasteiger partial charge in [0.15, 0.2) is 0 Å². The SMILES string of the molecule is CCCCCC(C)C(C)c1cc(OC)cc(C(=O)OC)c1. The molecule has 3 heteroatoms. The molecule has 0 spiro atoms. The topological polar surface area (TPSA) is 35.5 Å². The van der Waals surface area contributed by atoms with Crippen molar-refractivity contribution < 1.29 is 14.3 Å². The summed E-state index contributed by atoms with van der Waals surface area (Å²) < 4.78 is 10.1. The summed E-state index contributed by atoms with van der Waals surface area (Å²) in [6, 6.07) is 5.67. The van der Waals surface area contributed by atoms with Crippen LogP contribution in [0.3, 0.4) is 0 Å². The van der Waals surface area contributed by atoms with E-state index in [1.54, 1.807) is 13.2 Å². The van der Waals surface area contributed by atoms with Gasteiger partial charge in [0.25, 0.3) is 0 Å². The summed E-state index contributed by atoms with van der Waals surface area (Å²) in [5, 5.41) is 0. The smallest absolute Gasteiger partial charge is 0.337 e. The van der Waals surface area contributed by atoms with Gasteiger partial charge in [0.05, 0.1) is 19.8 Å². The molecule has 0 saturated carbocycles. The molecule has 2 atom stereocenters. The van der Waals surface area contributed by atoms with Crippen LogP contribution in [0.1, 0.15) is 68.3 Å². The summed E-state index contributed by atoms with van der Waals surface area (Å²) in [4.78, 5) is 11.8. The van der Waals surface area contributed by atoms with Gasteiger partial charge in [0.1, 0.15) is 5.75 Å². The van der Waals surface area contributed by atoms with E-state index in [4.69, 9.17) is 9.47 Å². The Labute approximate surface area is 128 Å². The number of rotatable bonds is 8. The Hall–Kier alpha value is -1.51. The molecule has 21 heavy (non-hydrogen) atoms. The van der Waals surface area contributed by atoms with Crippen molar-refractivity contribution in [2.24, 2.45) is 5.92 Å². The molecule has 0 bridgehead atoms. The summed E-state index contributed by atoms with van der Waals surface area (Å²) >= 11 is 0. The Kier molecular flexibility index (Phi) is 7.27. The first-order valence-corrected chi connectivity index (χ1v) is 7.80. The maximum absolute atomic E-state index is 11.8. The molecule has 1 aromatic carbocycles. The lowest BCUT2D eigenvalue weighted by molar-refractivity contribution is 0.0600. The van der Waals surface area contributed by atoms with Gasteiger partial charge in [-0.1, -0.05) is 46.5 Å². The highest BCUT2D eigenvalue weighted by Crippen LogP contribution is 2.31. The fourth-order valence-corrected chi connectivity index (χ4v) is 2.53. The first-order valence-electron chi connectivity index (χ1n) is 7.80. The number of hydrogen-bond donors (Lipinski definition) is 0. The molecule has 0 radical (unpaired) electrons. The number of esters is 1. The number of unbranched alkanes of at least 4 members (excludes halogenated alkanes) is 2. The van der Waals surface area contributed by atoms with E-state index in [0.29, 0.717) is 23.1 Å². The Morgan fingerprint density at radius 1 is 1.14 bits per heavy atom. The minimum absolute atomic E-state index is 0.319. The number of ether oxygens (including phenoxy) is 2. The van der Waals surface area contributed by atoms with E-state index >= 15 is 0 Å². The second kappa shape index (κ2) is 8.71. The van der Waals surface area contributed by atoms with Crippen LogP contribution < -0.4 is 4.74 Å². The zero-order chi connectivity index (χ0) is 15.8. The first-order chi connectivity index (χ1) is 10.0. The molecular formula is C18H28O3. The Morgan fingerprint density at radius 3 is 2.43 bits per heavy atom. The van der Waals surface area contributed by atoms with E-state index in [0.717, 1.165) is 5.56 Å². The van der Waals surface area contributed by atoms with Crippen LogP contribution in [-0.2, 0) is 4.74 Å². The summed E-state index contributed by atoms with van der Waals surface area (Å²) in [5.41, 5.74) is 1.69. The second-order valence-corrected chi connectivity index (χ2v) is 5.75. The minimum atomic E-state index is -0.319. The molecule has 1 aromatic rings. The van der Waals surface area contributed by atoms with Gasteiger partial charge in [0, 0.05) is 0 Å². The number of hydrogen-bond acceptors (Lipinski definition) is 3. The standard InChI is InChI=1S/C18H28O3/c1-6-7-8-9-13(2)14(3)15-10-16(18(19)21-5)12-17(11-15)20-4/h10-14H,6-9H2,1-5H3. The highest BCUT2D eigenvalue weighted by Gasteiger charge is 2.17. The molecule has 2 unspecified atom stereocenters. The van der Waals surface area contributed by atoms with E-state index in [1.165, 1.54) is 32.8 Å². The summed E-state index contributed by atoms with van der Waals surface area (Å²) in [6.45, 7) is 6.71. The van der Waals surface area contributed by atoms with Gasteiger partial charge in [-0.2, -0.15) is 0 Å². The molecule has 0 aliphatic rings. The predicted octanol–water partition coefficient (Wildman–Crippen LogP) is 4.80. The number of carbonyl (C=O) groups excluding carboxylic acids is 1. The predicted molar refractivity (Wildman–Crippen MR) is 86.1 cm³/mol. The lowest BCUT2D eigenvalue weighted by atomic mass is 9.85. The highest BCUT2D eigenvalue weighted by molar-refractivity contribution is 5.90. The van der Waals surface area contributed by atoms with Gasteiger partial charge < -0.3 is 9.47 Å². The van der Waals surface area contributed by atoms with Crippen LogP contribution >= 0.6 is 0 Å². The molecule has 0 N–H and O–H groups in total. The summed E-state index contributed by atoms with van der Waals surface area (Å²) in [7, 11) is 3.02. The molecule has 118 valence electrons. The lowest BCUT2D eigenvalue weighted by Crippen LogP contribution is -2.09. The first kappa shape index (κ1) is 17.5. The van der Waals surface area contributed by atoms with E-state index < -0.39 is 0 Å². The Balaban J connectivity index is 2.91. The van der Waals surface area contributed by atoms with Crippen molar-refractivity contribution in [1.82, 2.24) is 0 Å². The van der Waals surface area contributed by atoms with Crippen molar-refractivity contribution in [2.75, 3.05) is 14.2 Å². The van der Waals surface area contributed by atoms with Gasteiger partial charge >= 0.3 is 5.97 Å². The third-order valence-corrected chi connectivity index (χ3v) is 4.23. The van der Waals surface area contributed by atoms with Crippen LogP contribution in [0.2, 0.25) is 0 Å². The molecule has 0 saturated heterocycles. The van der Waals surface area contributed by atoms with Crippen LogP contribution in [0.4, 0.5) is 0 Å². The van der Waals surface area contributed by atoms with Gasteiger partial charge in [-0.3, -0.25) is 0 Å². The van der Waals surface area contributed by atoms with Crippen LogP contribution in [0.5, 0.6) is 5.75 Å². The zero-order valence-corrected chi connectivity index (χ0v) is 13.9. The largest absolute Gasteiger partial charge is 0.497 e. The summed E-state index contributed by atoms with van der Waals surface area (Å²) in [5.74, 6) is 1.36. The molecule has 0 aliphatic heterocycles. The van der Waals surface area contributed by atoms with Gasteiger partial charge in [-0.05, 0) is 35.6 Å². The van der Waals surface area contributed by atoms with Gasteiger partial charge in [0.2, 0.25) is 0 Å². The van der Waals surface area contributed by atoms with E-state index in [9.17, 15) is 4.79 Å². The summed E-state index contributed by atoms with van der Waals surface area (Å²) in [6.07, 6.45) is 4.99. The Bertz CT molecular complexity index is 454. The van der Waals surface area contributed by atoms with Crippen molar-refractivity contribution in [3.63, 3.8) is 0 Å². The van der Waals surface area contributed by atoms with E-state index in [1.807, 2.05) is 12.1 Å². The fourth-order valence-electron chi connectivity index (χ4n) is 2.53. The lowest BCUT2D eigenvalue weighted by Gasteiger charge is -2.21. The molecule has 0 amide bonds. The number of carbonyl (C=O) groups is 1. The van der Waals surface area contributed by atoms with Crippen molar-refractivity contribution in [1.29, 1.82) is 0 Å². The molecular weight excluding hydrogens is 264 g/mol. The molecule has 0 aromatic heterocycles.